The molecule has 0 fully saturated rings. The number of fused-ring (bicyclic) bond motifs is 1. The standard InChI is InChI=1S/C12H11NOS/c1-2-3-8-13-11(14)9-6-4-5-7-10(9)12(13)15/h2,4-7H,1,3,8H2. The minimum atomic E-state index is 0.0115. The molecule has 0 atom stereocenters. The topological polar surface area (TPSA) is 20.3 Å². The smallest absolute Gasteiger partial charge is 0.259 e. The third-order valence-corrected chi connectivity index (χ3v) is 2.88. The van der Waals surface area contributed by atoms with Crippen LogP contribution >= 0.6 is 12.2 Å². The summed E-state index contributed by atoms with van der Waals surface area (Å²) in [7, 11) is 0. The molecule has 2 nitrogen and oxygen atoms in total. The van der Waals surface area contributed by atoms with E-state index in [9.17, 15) is 4.79 Å². The average molecular weight is 217 g/mol. The molecule has 76 valence electrons. The van der Waals surface area contributed by atoms with Crippen LogP contribution in [0, 0.1) is 0 Å². The van der Waals surface area contributed by atoms with Gasteiger partial charge >= 0.3 is 0 Å². The third-order valence-electron chi connectivity index (χ3n) is 2.44. The van der Waals surface area contributed by atoms with Crippen LogP contribution in [0.1, 0.15) is 22.3 Å². The van der Waals surface area contributed by atoms with Gasteiger partial charge in [0.25, 0.3) is 5.91 Å². The summed E-state index contributed by atoms with van der Waals surface area (Å²) in [6.45, 7) is 4.26. The van der Waals surface area contributed by atoms with E-state index in [1.807, 2.05) is 24.3 Å². The van der Waals surface area contributed by atoms with Gasteiger partial charge in [0.1, 0.15) is 4.99 Å². The number of nitrogens with zero attached hydrogens (tertiary/aromatic N) is 1. The third kappa shape index (κ3) is 1.59. The normalized spacial score (nSPS) is 14.3. The van der Waals surface area contributed by atoms with Gasteiger partial charge in [-0.3, -0.25) is 9.69 Å². The maximum atomic E-state index is 11.9. The highest BCUT2D eigenvalue weighted by Gasteiger charge is 2.30. The van der Waals surface area contributed by atoms with E-state index in [4.69, 9.17) is 12.2 Å². The van der Waals surface area contributed by atoms with Crippen LogP contribution in [-0.2, 0) is 0 Å². The Bertz CT molecular complexity index is 404. The van der Waals surface area contributed by atoms with Crippen molar-refractivity contribution in [2.75, 3.05) is 6.54 Å². The molecule has 0 bridgehead atoms. The summed E-state index contributed by atoms with van der Waals surface area (Å²) >= 11 is 5.26. The number of hydrogen-bond acceptors (Lipinski definition) is 2. The SMILES string of the molecule is C=CCCN1C(=O)c2ccccc2C1=S. The van der Waals surface area contributed by atoms with Gasteiger partial charge < -0.3 is 0 Å². The van der Waals surface area contributed by atoms with Crippen molar-refractivity contribution in [3.8, 4) is 0 Å². The Labute approximate surface area is 94.2 Å². The number of benzene rings is 1. The number of amides is 1. The monoisotopic (exact) mass is 217 g/mol. The van der Waals surface area contributed by atoms with Crippen molar-refractivity contribution in [2.45, 2.75) is 6.42 Å². The predicted octanol–water partition coefficient (Wildman–Crippen LogP) is 2.39. The largest absolute Gasteiger partial charge is 0.298 e. The summed E-state index contributed by atoms with van der Waals surface area (Å²) in [6.07, 6.45) is 2.55. The van der Waals surface area contributed by atoms with Gasteiger partial charge in [0.2, 0.25) is 0 Å². The molecule has 15 heavy (non-hydrogen) atoms. The first-order chi connectivity index (χ1) is 7.25. The van der Waals surface area contributed by atoms with E-state index < -0.39 is 0 Å². The Morgan fingerprint density at radius 2 is 2.00 bits per heavy atom. The molecule has 3 heteroatoms. The maximum Gasteiger partial charge on any atom is 0.259 e. The summed E-state index contributed by atoms with van der Waals surface area (Å²) < 4.78 is 0. The zero-order valence-electron chi connectivity index (χ0n) is 8.27. The number of carbonyl (C=O) groups excluding carboxylic acids is 1. The number of hydrogen-bond donors (Lipinski definition) is 0. The molecule has 0 aromatic heterocycles. The Morgan fingerprint density at radius 1 is 1.33 bits per heavy atom. The van der Waals surface area contributed by atoms with Crippen molar-refractivity contribution in [1.82, 2.24) is 4.90 Å². The van der Waals surface area contributed by atoms with E-state index >= 15 is 0 Å². The van der Waals surface area contributed by atoms with E-state index in [0.29, 0.717) is 17.1 Å². The molecule has 0 saturated carbocycles. The fourth-order valence-electron chi connectivity index (χ4n) is 1.66. The highest BCUT2D eigenvalue weighted by molar-refractivity contribution is 7.80. The van der Waals surface area contributed by atoms with E-state index in [1.54, 1.807) is 11.0 Å². The molecule has 1 aliphatic heterocycles. The summed E-state index contributed by atoms with van der Waals surface area (Å²) in [5.41, 5.74) is 1.59. The van der Waals surface area contributed by atoms with Crippen molar-refractivity contribution < 1.29 is 4.79 Å². The van der Waals surface area contributed by atoms with Gasteiger partial charge in [-0.2, -0.15) is 0 Å². The quantitative estimate of drug-likeness (QED) is 0.572. The Balaban J connectivity index is 2.32. The second kappa shape index (κ2) is 3.95. The van der Waals surface area contributed by atoms with Gasteiger partial charge in [-0.15, -0.1) is 6.58 Å². The molecule has 1 amide bonds. The van der Waals surface area contributed by atoms with Crippen molar-refractivity contribution in [1.29, 1.82) is 0 Å². The second-order valence-electron chi connectivity index (χ2n) is 3.38. The highest BCUT2D eigenvalue weighted by Crippen LogP contribution is 2.23. The van der Waals surface area contributed by atoms with Gasteiger partial charge in [0.05, 0.1) is 5.56 Å². The van der Waals surface area contributed by atoms with E-state index in [-0.39, 0.29) is 5.91 Å². The maximum absolute atomic E-state index is 11.9. The van der Waals surface area contributed by atoms with Crippen LogP contribution in [0.5, 0.6) is 0 Å². The first-order valence-electron chi connectivity index (χ1n) is 4.82. The molecule has 0 saturated heterocycles. The fourth-order valence-corrected chi connectivity index (χ4v) is 2.01. The van der Waals surface area contributed by atoms with Gasteiger partial charge in [0, 0.05) is 12.1 Å². The van der Waals surface area contributed by atoms with Crippen molar-refractivity contribution in [3.05, 3.63) is 48.0 Å². The van der Waals surface area contributed by atoms with Crippen LogP contribution in [0.25, 0.3) is 0 Å². The van der Waals surface area contributed by atoms with Crippen LogP contribution in [0.4, 0.5) is 0 Å². The molecule has 1 heterocycles. The van der Waals surface area contributed by atoms with E-state index in [2.05, 4.69) is 6.58 Å². The summed E-state index contributed by atoms with van der Waals surface area (Å²) in [5, 5.41) is 0. The van der Waals surface area contributed by atoms with Gasteiger partial charge in [-0.25, -0.2) is 0 Å². The molecule has 2 rings (SSSR count). The van der Waals surface area contributed by atoms with Crippen LogP contribution in [0.15, 0.2) is 36.9 Å². The molecular weight excluding hydrogens is 206 g/mol. The van der Waals surface area contributed by atoms with Crippen LogP contribution in [0.3, 0.4) is 0 Å². The van der Waals surface area contributed by atoms with Gasteiger partial charge in [0.15, 0.2) is 0 Å². The Kier molecular flexibility index (Phi) is 2.64. The van der Waals surface area contributed by atoms with Crippen molar-refractivity contribution >= 4 is 23.1 Å². The minimum absolute atomic E-state index is 0.0115. The molecule has 1 aromatic carbocycles. The fraction of sp³-hybridized carbons (Fsp3) is 0.167. The lowest BCUT2D eigenvalue weighted by atomic mass is 10.1. The number of rotatable bonds is 3. The number of carbonyl (C=O) groups is 1. The average Bonchev–Trinajstić information content (AvgIpc) is 2.51. The summed E-state index contributed by atoms with van der Waals surface area (Å²) in [6, 6.07) is 7.47. The van der Waals surface area contributed by atoms with Gasteiger partial charge in [-0.05, 0) is 12.5 Å². The van der Waals surface area contributed by atoms with Gasteiger partial charge in [-0.1, -0.05) is 36.5 Å². The lowest BCUT2D eigenvalue weighted by molar-refractivity contribution is 0.0863. The molecule has 0 aliphatic carbocycles. The lowest BCUT2D eigenvalue weighted by Gasteiger charge is -2.14. The molecule has 1 aliphatic rings. The van der Waals surface area contributed by atoms with Crippen molar-refractivity contribution in [2.24, 2.45) is 0 Å². The summed E-state index contributed by atoms with van der Waals surface area (Å²) in [5.74, 6) is 0.0115. The summed E-state index contributed by atoms with van der Waals surface area (Å²) in [4.78, 5) is 14.2. The minimum Gasteiger partial charge on any atom is -0.298 e. The lowest BCUT2D eigenvalue weighted by Crippen LogP contribution is -2.29. The Morgan fingerprint density at radius 3 is 2.60 bits per heavy atom. The molecule has 0 N–H and O–H groups in total. The van der Waals surface area contributed by atoms with E-state index in [0.717, 1.165) is 12.0 Å². The highest BCUT2D eigenvalue weighted by atomic mass is 32.1. The second-order valence-corrected chi connectivity index (χ2v) is 3.77. The van der Waals surface area contributed by atoms with Crippen LogP contribution in [0.2, 0.25) is 0 Å². The number of thiocarbonyl (C=S) groups is 1. The molecule has 0 unspecified atom stereocenters. The Hall–Kier alpha value is -1.48. The molecule has 0 radical (unpaired) electrons. The van der Waals surface area contributed by atoms with Crippen LogP contribution in [-0.4, -0.2) is 22.3 Å². The molecule has 1 aromatic rings. The molecular formula is C12H11NOS. The van der Waals surface area contributed by atoms with Crippen molar-refractivity contribution in [3.63, 3.8) is 0 Å². The zero-order chi connectivity index (χ0) is 10.8. The van der Waals surface area contributed by atoms with Crippen LogP contribution < -0.4 is 0 Å². The molecule has 0 spiro atoms. The zero-order valence-corrected chi connectivity index (χ0v) is 9.09. The first-order valence-corrected chi connectivity index (χ1v) is 5.22. The van der Waals surface area contributed by atoms with E-state index in [1.165, 1.54) is 0 Å². The first kappa shape index (κ1) is 10.1. The predicted molar refractivity (Wildman–Crippen MR) is 64.0 cm³/mol.